The fourth-order valence-electron chi connectivity index (χ4n) is 2.93. The lowest BCUT2D eigenvalue weighted by Gasteiger charge is -2.44. The number of carbonyl (C=O) groups is 1. The minimum absolute atomic E-state index is 0.173. The van der Waals surface area contributed by atoms with Gasteiger partial charge in [0.2, 0.25) is 0 Å². The fourth-order valence-corrected chi connectivity index (χ4v) is 2.93. The third-order valence-corrected chi connectivity index (χ3v) is 3.60. The number of piperidine rings is 1. The van der Waals surface area contributed by atoms with E-state index in [1.54, 1.807) is 0 Å². The maximum atomic E-state index is 12.0. The van der Waals surface area contributed by atoms with Crippen molar-refractivity contribution in [3.63, 3.8) is 0 Å². The Morgan fingerprint density at radius 1 is 1.29 bits per heavy atom. The molecule has 2 fully saturated rings. The van der Waals surface area contributed by atoms with E-state index in [4.69, 9.17) is 4.74 Å². The molecule has 0 spiro atoms. The van der Waals surface area contributed by atoms with Crippen LogP contribution in [0.3, 0.4) is 0 Å². The Balaban J connectivity index is 1.99. The molecule has 0 aromatic carbocycles. The van der Waals surface area contributed by atoms with E-state index in [2.05, 4.69) is 0 Å². The Labute approximate surface area is 103 Å². The van der Waals surface area contributed by atoms with E-state index in [0.29, 0.717) is 12.3 Å². The number of hydrogen-bond acceptors (Lipinski definition) is 3. The molecule has 1 aliphatic heterocycles. The van der Waals surface area contributed by atoms with E-state index < -0.39 is 5.60 Å². The van der Waals surface area contributed by atoms with Crippen LogP contribution in [0.15, 0.2) is 0 Å². The average Bonchev–Trinajstić information content (AvgIpc) is 2.13. The van der Waals surface area contributed by atoms with Crippen LogP contribution in [0, 0.1) is 5.92 Å². The van der Waals surface area contributed by atoms with Gasteiger partial charge in [0.15, 0.2) is 0 Å². The van der Waals surface area contributed by atoms with Crippen LogP contribution < -0.4 is 0 Å². The largest absolute Gasteiger partial charge is 0.444 e. The molecule has 1 N–H and O–H groups in total. The summed E-state index contributed by atoms with van der Waals surface area (Å²) < 4.78 is 5.41. The van der Waals surface area contributed by atoms with Crippen molar-refractivity contribution in [1.29, 1.82) is 0 Å². The topological polar surface area (TPSA) is 49.8 Å². The molecule has 1 amide bonds. The van der Waals surface area contributed by atoms with Gasteiger partial charge in [0.05, 0.1) is 6.10 Å². The smallest absolute Gasteiger partial charge is 0.410 e. The van der Waals surface area contributed by atoms with E-state index in [-0.39, 0.29) is 18.2 Å². The molecule has 0 aromatic heterocycles. The quantitative estimate of drug-likeness (QED) is 0.707. The van der Waals surface area contributed by atoms with Crippen molar-refractivity contribution in [3.05, 3.63) is 0 Å². The number of likely N-dealkylation sites (tertiary alicyclic amines) is 1. The second-order valence-electron chi connectivity index (χ2n) is 6.34. The third-order valence-electron chi connectivity index (χ3n) is 3.60. The predicted octanol–water partition coefficient (Wildman–Crippen LogP) is 2.16. The standard InChI is InChI=1S/C13H23NO3/c1-13(2,3)17-12(16)14-5-4-9-6-10(14)8-11(15)7-9/h9-11,15H,4-8H2,1-3H3. The maximum Gasteiger partial charge on any atom is 0.410 e. The molecule has 4 nitrogen and oxygen atoms in total. The Kier molecular flexibility index (Phi) is 3.34. The first-order valence-electron chi connectivity index (χ1n) is 6.53. The average molecular weight is 241 g/mol. The van der Waals surface area contributed by atoms with Gasteiger partial charge in [0, 0.05) is 12.6 Å². The minimum Gasteiger partial charge on any atom is -0.444 e. The molecule has 17 heavy (non-hydrogen) atoms. The molecule has 1 aliphatic carbocycles. The third kappa shape index (κ3) is 3.12. The molecular weight excluding hydrogens is 218 g/mol. The summed E-state index contributed by atoms with van der Waals surface area (Å²) in [5, 5.41) is 9.77. The van der Waals surface area contributed by atoms with Crippen molar-refractivity contribution in [1.82, 2.24) is 4.90 Å². The Bertz CT molecular complexity index is 296. The molecule has 2 bridgehead atoms. The molecule has 1 saturated carbocycles. The highest BCUT2D eigenvalue weighted by Gasteiger charge is 2.39. The number of fused-ring (bicyclic) bond motifs is 2. The van der Waals surface area contributed by atoms with Crippen molar-refractivity contribution >= 4 is 6.09 Å². The summed E-state index contributed by atoms with van der Waals surface area (Å²) in [7, 11) is 0. The summed E-state index contributed by atoms with van der Waals surface area (Å²) in [5.74, 6) is 0.586. The zero-order chi connectivity index (χ0) is 12.6. The first-order valence-corrected chi connectivity index (χ1v) is 6.53. The van der Waals surface area contributed by atoms with Gasteiger partial charge in [0.1, 0.15) is 5.60 Å². The highest BCUT2D eigenvalue weighted by atomic mass is 16.6. The Morgan fingerprint density at radius 2 is 2.00 bits per heavy atom. The molecule has 2 rings (SSSR count). The van der Waals surface area contributed by atoms with Gasteiger partial charge in [-0.05, 0) is 52.4 Å². The van der Waals surface area contributed by atoms with Gasteiger partial charge in [-0.2, -0.15) is 0 Å². The number of aliphatic hydroxyl groups is 1. The number of nitrogens with zero attached hydrogens (tertiary/aromatic N) is 1. The van der Waals surface area contributed by atoms with Crippen LogP contribution in [-0.2, 0) is 4.74 Å². The second-order valence-corrected chi connectivity index (χ2v) is 6.34. The summed E-state index contributed by atoms with van der Waals surface area (Å²) in [6.45, 7) is 6.42. The number of aliphatic hydroxyl groups excluding tert-OH is 1. The first kappa shape index (κ1) is 12.7. The highest BCUT2D eigenvalue weighted by molar-refractivity contribution is 5.68. The lowest BCUT2D eigenvalue weighted by atomic mass is 9.78. The van der Waals surface area contributed by atoms with Crippen LogP contribution in [0.4, 0.5) is 4.79 Å². The summed E-state index contributed by atoms with van der Waals surface area (Å²) in [5.41, 5.74) is -0.443. The van der Waals surface area contributed by atoms with Gasteiger partial charge in [-0.1, -0.05) is 0 Å². The zero-order valence-corrected chi connectivity index (χ0v) is 11.0. The SMILES string of the molecule is CC(C)(C)OC(=O)N1CCC2CC(O)CC1C2. The summed E-state index contributed by atoms with van der Waals surface area (Å²) in [6.07, 6.45) is 3.15. The molecule has 2 aliphatic rings. The van der Waals surface area contributed by atoms with Gasteiger partial charge in [-0.3, -0.25) is 0 Å². The molecular formula is C13H23NO3. The van der Waals surface area contributed by atoms with Gasteiger partial charge < -0.3 is 14.7 Å². The summed E-state index contributed by atoms with van der Waals surface area (Å²) in [6, 6.07) is 0.173. The van der Waals surface area contributed by atoms with Crippen molar-refractivity contribution in [2.75, 3.05) is 6.54 Å². The van der Waals surface area contributed by atoms with Crippen molar-refractivity contribution in [2.45, 2.75) is 64.2 Å². The fraction of sp³-hybridized carbons (Fsp3) is 0.923. The summed E-state index contributed by atoms with van der Waals surface area (Å²) >= 11 is 0. The van der Waals surface area contributed by atoms with Gasteiger partial charge in [0.25, 0.3) is 0 Å². The number of rotatable bonds is 0. The van der Waals surface area contributed by atoms with E-state index in [9.17, 15) is 9.90 Å². The highest BCUT2D eigenvalue weighted by Crippen LogP contribution is 2.35. The molecule has 3 unspecified atom stereocenters. The van der Waals surface area contributed by atoms with Crippen molar-refractivity contribution in [3.8, 4) is 0 Å². The van der Waals surface area contributed by atoms with Crippen LogP contribution in [0.25, 0.3) is 0 Å². The minimum atomic E-state index is -0.443. The molecule has 0 radical (unpaired) electrons. The molecule has 98 valence electrons. The van der Waals surface area contributed by atoms with Crippen LogP contribution in [0.5, 0.6) is 0 Å². The lowest BCUT2D eigenvalue weighted by molar-refractivity contribution is -0.0253. The van der Waals surface area contributed by atoms with Gasteiger partial charge in [-0.15, -0.1) is 0 Å². The normalized spacial score (nSPS) is 33.4. The number of amides is 1. The van der Waals surface area contributed by atoms with E-state index in [1.165, 1.54) is 0 Å². The number of hydrogen-bond donors (Lipinski definition) is 1. The van der Waals surface area contributed by atoms with Crippen LogP contribution in [0.2, 0.25) is 0 Å². The number of carbonyl (C=O) groups excluding carboxylic acids is 1. The predicted molar refractivity (Wildman–Crippen MR) is 64.7 cm³/mol. The second kappa shape index (κ2) is 4.48. The van der Waals surface area contributed by atoms with Gasteiger partial charge >= 0.3 is 6.09 Å². The maximum absolute atomic E-state index is 12.0. The van der Waals surface area contributed by atoms with Crippen LogP contribution >= 0.6 is 0 Å². The van der Waals surface area contributed by atoms with Gasteiger partial charge in [-0.25, -0.2) is 4.79 Å². The van der Waals surface area contributed by atoms with E-state index in [1.807, 2.05) is 25.7 Å². The molecule has 1 saturated heterocycles. The van der Waals surface area contributed by atoms with Crippen molar-refractivity contribution in [2.24, 2.45) is 5.92 Å². The van der Waals surface area contributed by atoms with Crippen LogP contribution in [0.1, 0.15) is 46.5 Å². The van der Waals surface area contributed by atoms with Crippen LogP contribution in [-0.4, -0.2) is 40.4 Å². The summed E-state index contributed by atoms with van der Waals surface area (Å²) in [4.78, 5) is 13.9. The molecule has 3 atom stereocenters. The molecule has 0 aromatic rings. The molecule has 1 heterocycles. The monoisotopic (exact) mass is 241 g/mol. The first-order chi connectivity index (χ1) is 7.85. The van der Waals surface area contributed by atoms with E-state index in [0.717, 1.165) is 25.8 Å². The zero-order valence-electron chi connectivity index (χ0n) is 11.0. The molecule has 4 heteroatoms. The Hall–Kier alpha value is -0.770. The Morgan fingerprint density at radius 3 is 2.65 bits per heavy atom. The van der Waals surface area contributed by atoms with E-state index >= 15 is 0 Å². The van der Waals surface area contributed by atoms with Crippen molar-refractivity contribution < 1.29 is 14.6 Å². The lowest BCUT2D eigenvalue weighted by Crippen LogP contribution is -2.52. The number of ether oxygens (including phenoxy) is 1.